The van der Waals surface area contributed by atoms with Crippen molar-refractivity contribution in [3.05, 3.63) is 48.6 Å². The molecule has 1 atom stereocenters. The van der Waals surface area contributed by atoms with Crippen molar-refractivity contribution >= 4 is 17.9 Å². The number of hydrogen-bond donors (Lipinski definition) is 0. The van der Waals surface area contributed by atoms with E-state index in [2.05, 4.69) is 69.4 Å². The van der Waals surface area contributed by atoms with Crippen molar-refractivity contribution < 1.29 is 28.6 Å². The first kappa shape index (κ1) is 58.4. The lowest BCUT2D eigenvalue weighted by Gasteiger charge is -2.18. The SMILES string of the molecule is CCCC/C=C\CCCCCCCC(=O)OCC(COC(=O)CCCCCCCCC/C=C\C/C=C\CCCCCC)OC(=O)CCCCCCC/C=C\CCCCCCC. The van der Waals surface area contributed by atoms with E-state index in [0.717, 1.165) is 89.9 Å². The standard InChI is InChI=1S/C55H98O6/c1-4-7-10-13-16-19-22-24-26-27-28-29-31-33-36-39-42-45-48-54(57)60-51-52(50-59-53(56)47-44-41-38-35-32-21-18-15-12-9-6-3)61-55(58)49-46-43-40-37-34-30-25-23-20-17-14-11-8-5-2/h15,18-19,22-23,25-27,52H,4-14,16-17,20-21,24,28-51H2,1-3H3/b18-15-,22-19-,25-23-,27-26-. The molecule has 0 aromatic rings. The molecule has 0 saturated carbocycles. The molecule has 0 fully saturated rings. The van der Waals surface area contributed by atoms with Crippen LogP contribution in [0.5, 0.6) is 0 Å². The average molecular weight is 855 g/mol. The molecule has 0 N–H and O–H groups in total. The topological polar surface area (TPSA) is 78.9 Å². The largest absolute Gasteiger partial charge is 0.462 e. The van der Waals surface area contributed by atoms with Crippen LogP contribution < -0.4 is 0 Å². The van der Waals surface area contributed by atoms with Gasteiger partial charge in [-0.15, -0.1) is 0 Å². The van der Waals surface area contributed by atoms with Crippen molar-refractivity contribution in [3.8, 4) is 0 Å². The highest BCUT2D eigenvalue weighted by molar-refractivity contribution is 5.71. The molecule has 1 unspecified atom stereocenters. The van der Waals surface area contributed by atoms with Crippen LogP contribution in [0.25, 0.3) is 0 Å². The van der Waals surface area contributed by atoms with Crippen molar-refractivity contribution in [1.82, 2.24) is 0 Å². The summed E-state index contributed by atoms with van der Waals surface area (Å²) in [6, 6.07) is 0. The van der Waals surface area contributed by atoms with E-state index in [0.29, 0.717) is 19.3 Å². The minimum absolute atomic E-state index is 0.0826. The van der Waals surface area contributed by atoms with E-state index in [9.17, 15) is 14.4 Å². The number of carbonyl (C=O) groups is 3. The van der Waals surface area contributed by atoms with Crippen molar-refractivity contribution in [2.75, 3.05) is 13.2 Å². The molecular weight excluding hydrogens is 757 g/mol. The minimum Gasteiger partial charge on any atom is -0.462 e. The molecule has 6 nitrogen and oxygen atoms in total. The van der Waals surface area contributed by atoms with Gasteiger partial charge in [-0.1, -0.05) is 198 Å². The van der Waals surface area contributed by atoms with Crippen LogP contribution in [0, 0.1) is 0 Å². The molecule has 354 valence electrons. The Hall–Kier alpha value is -2.63. The van der Waals surface area contributed by atoms with Crippen molar-refractivity contribution in [3.63, 3.8) is 0 Å². The van der Waals surface area contributed by atoms with Gasteiger partial charge in [-0.2, -0.15) is 0 Å². The Kier molecular flexibility index (Phi) is 47.9. The highest BCUT2D eigenvalue weighted by Crippen LogP contribution is 2.14. The van der Waals surface area contributed by atoms with Gasteiger partial charge in [-0.05, 0) is 96.3 Å². The first-order valence-corrected chi connectivity index (χ1v) is 26.1. The predicted octanol–water partition coefficient (Wildman–Crippen LogP) is 17.1. The third-order valence-corrected chi connectivity index (χ3v) is 11.3. The summed E-state index contributed by atoms with van der Waals surface area (Å²) in [7, 11) is 0. The van der Waals surface area contributed by atoms with Gasteiger partial charge in [0.2, 0.25) is 0 Å². The van der Waals surface area contributed by atoms with Crippen LogP contribution >= 0.6 is 0 Å². The second-order valence-electron chi connectivity index (χ2n) is 17.4. The second kappa shape index (κ2) is 50.0. The monoisotopic (exact) mass is 855 g/mol. The zero-order valence-electron chi connectivity index (χ0n) is 40.4. The summed E-state index contributed by atoms with van der Waals surface area (Å²) in [5, 5.41) is 0. The molecule has 0 rings (SSSR count). The Bertz CT molecular complexity index is 1070. The van der Waals surface area contributed by atoms with Gasteiger partial charge in [0.05, 0.1) is 0 Å². The minimum atomic E-state index is -0.782. The van der Waals surface area contributed by atoms with Crippen LogP contribution in [0.2, 0.25) is 0 Å². The van der Waals surface area contributed by atoms with Crippen LogP contribution in [0.4, 0.5) is 0 Å². The quantitative estimate of drug-likeness (QED) is 0.0263. The van der Waals surface area contributed by atoms with E-state index in [4.69, 9.17) is 14.2 Å². The lowest BCUT2D eigenvalue weighted by atomic mass is 10.1. The number of rotatable bonds is 47. The first-order valence-electron chi connectivity index (χ1n) is 26.1. The third-order valence-electron chi connectivity index (χ3n) is 11.3. The fourth-order valence-electron chi connectivity index (χ4n) is 7.27. The maximum Gasteiger partial charge on any atom is 0.306 e. The van der Waals surface area contributed by atoms with Gasteiger partial charge in [0.25, 0.3) is 0 Å². The molecule has 0 aliphatic carbocycles. The molecule has 0 bridgehead atoms. The summed E-state index contributed by atoms with van der Waals surface area (Å²) < 4.78 is 16.8. The molecule has 0 aromatic heterocycles. The first-order chi connectivity index (χ1) is 30.0. The van der Waals surface area contributed by atoms with E-state index in [1.165, 1.54) is 135 Å². The van der Waals surface area contributed by atoms with E-state index in [1.54, 1.807) is 0 Å². The van der Waals surface area contributed by atoms with Crippen LogP contribution in [0.3, 0.4) is 0 Å². The molecule has 0 amide bonds. The summed E-state index contributed by atoms with van der Waals surface area (Å²) >= 11 is 0. The molecule has 0 aliphatic heterocycles. The molecule has 0 spiro atoms. The fourth-order valence-corrected chi connectivity index (χ4v) is 7.27. The second-order valence-corrected chi connectivity index (χ2v) is 17.4. The molecule has 0 heterocycles. The van der Waals surface area contributed by atoms with E-state index in [1.807, 2.05) is 0 Å². The Balaban J connectivity index is 4.36. The van der Waals surface area contributed by atoms with Gasteiger partial charge >= 0.3 is 17.9 Å². The van der Waals surface area contributed by atoms with Crippen LogP contribution in [-0.4, -0.2) is 37.2 Å². The average Bonchev–Trinajstić information content (AvgIpc) is 3.26. The maximum absolute atomic E-state index is 12.8. The number of esters is 3. The summed E-state index contributed by atoms with van der Waals surface area (Å²) in [4.78, 5) is 37.9. The molecule has 61 heavy (non-hydrogen) atoms. The molecule has 6 heteroatoms. The van der Waals surface area contributed by atoms with Crippen molar-refractivity contribution in [1.29, 1.82) is 0 Å². The Morgan fingerprint density at radius 3 is 0.984 bits per heavy atom. The van der Waals surface area contributed by atoms with Crippen LogP contribution in [-0.2, 0) is 28.6 Å². The van der Waals surface area contributed by atoms with Gasteiger partial charge in [0.15, 0.2) is 6.10 Å². The number of carbonyl (C=O) groups excluding carboxylic acids is 3. The number of ether oxygens (including phenoxy) is 3. The molecular formula is C55H98O6. The Morgan fingerprint density at radius 2 is 0.607 bits per heavy atom. The number of unbranched alkanes of at least 4 members (excludes halogenated alkanes) is 28. The van der Waals surface area contributed by atoms with Crippen LogP contribution in [0.15, 0.2) is 48.6 Å². The number of hydrogen-bond acceptors (Lipinski definition) is 6. The smallest absolute Gasteiger partial charge is 0.306 e. The predicted molar refractivity (Wildman–Crippen MR) is 261 cm³/mol. The fraction of sp³-hybridized carbons (Fsp3) is 0.800. The van der Waals surface area contributed by atoms with Crippen molar-refractivity contribution in [2.24, 2.45) is 0 Å². The van der Waals surface area contributed by atoms with Crippen molar-refractivity contribution in [2.45, 2.75) is 271 Å². The van der Waals surface area contributed by atoms with Gasteiger partial charge in [0, 0.05) is 19.3 Å². The Morgan fingerprint density at radius 1 is 0.328 bits per heavy atom. The van der Waals surface area contributed by atoms with E-state index < -0.39 is 6.10 Å². The summed E-state index contributed by atoms with van der Waals surface area (Å²) in [6.07, 6.45) is 59.5. The summed E-state index contributed by atoms with van der Waals surface area (Å²) in [5.41, 5.74) is 0. The van der Waals surface area contributed by atoms with Gasteiger partial charge in [-0.25, -0.2) is 0 Å². The maximum atomic E-state index is 12.8. The number of allylic oxidation sites excluding steroid dienone is 8. The lowest BCUT2D eigenvalue weighted by Crippen LogP contribution is -2.30. The zero-order chi connectivity index (χ0) is 44.4. The summed E-state index contributed by atoms with van der Waals surface area (Å²) in [5.74, 6) is -0.902. The lowest BCUT2D eigenvalue weighted by molar-refractivity contribution is -0.167. The normalized spacial score (nSPS) is 12.4. The highest BCUT2D eigenvalue weighted by atomic mass is 16.6. The molecule has 0 aromatic carbocycles. The highest BCUT2D eigenvalue weighted by Gasteiger charge is 2.19. The van der Waals surface area contributed by atoms with Gasteiger partial charge < -0.3 is 14.2 Å². The molecule has 0 aliphatic rings. The van der Waals surface area contributed by atoms with Crippen LogP contribution in [0.1, 0.15) is 265 Å². The molecule has 0 saturated heterocycles. The molecule has 0 radical (unpaired) electrons. The Labute approximate surface area is 378 Å². The summed E-state index contributed by atoms with van der Waals surface area (Å²) in [6.45, 7) is 6.56. The van der Waals surface area contributed by atoms with E-state index >= 15 is 0 Å². The van der Waals surface area contributed by atoms with Gasteiger partial charge in [-0.3, -0.25) is 14.4 Å². The third kappa shape index (κ3) is 48.3. The zero-order valence-corrected chi connectivity index (χ0v) is 40.4. The van der Waals surface area contributed by atoms with E-state index in [-0.39, 0.29) is 31.1 Å². The van der Waals surface area contributed by atoms with Gasteiger partial charge in [0.1, 0.15) is 13.2 Å².